The predicted octanol–water partition coefficient (Wildman–Crippen LogP) is 8.85. The van der Waals surface area contributed by atoms with Crippen LogP contribution in [-0.2, 0) is 34.6 Å². The number of ether oxygens (including phenoxy) is 1. The SMILES string of the molecule is CC(C)OC1=C(c2c3nc(c(-c4ccccc4)c4ccc(cc5nc(c(-c6ccccc6)c6ccc2[n-]6)C=C5)[n-]4)C=C3)C(=O)C1(O)c1ccccc1.[Zn+2]. The number of hydrogen-bond donors (Lipinski definition) is 1. The molecule has 8 heteroatoms. The van der Waals surface area contributed by atoms with E-state index >= 15 is 0 Å². The molecule has 7 nitrogen and oxygen atoms in total. The smallest absolute Gasteiger partial charge is 0.657 e. The third-order valence-corrected chi connectivity index (χ3v) is 9.47. The quantitative estimate of drug-likeness (QED) is 0.170. The molecular weight excluding hydrogens is 710 g/mol. The maximum Gasteiger partial charge on any atom is 2.00 e. The van der Waals surface area contributed by atoms with Crippen LogP contribution in [0.1, 0.15) is 47.8 Å². The van der Waals surface area contributed by atoms with Crippen molar-refractivity contribution in [3.63, 3.8) is 0 Å². The monoisotopic (exact) mass is 740 g/mol. The molecule has 1 N–H and O–H groups in total. The van der Waals surface area contributed by atoms with Crippen LogP contribution in [0.5, 0.6) is 0 Å². The van der Waals surface area contributed by atoms with Gasteiger partial charge >= 0.3 is 19.5 Å². The minimum Gasteiger partial charge on any atom is -0.657 e. The molecule has 0 saturated heterocycles. The summed E-state index contributed by atoms with van der Waals surface area (Å²) >= 11 is 0. The van der Waals surface area contributed by atoms with Crippen LogP contribution in [0.3, 0.4) is 0 Å². The van der Waals surface area contributed by atoms with E-state index in [0.29, 0.717) is 33.5 Å². The Morgan fingerprint density at radius 2 is 1.13 bits per heavy atom. The second-order valence-electron chi connectivity index (χ2n) is 13.2. The molecule has 1 unspecified atom stereocenters. The molecule has 2 aliphatic heterocycles. The topological polar surface area (TPSA) is 101 Å². The van der Waals surface area contributed by atoms with Crippen LogP contribution in [-0.4, -0.2) is 27.0 Å². The van der Waals surface area contributed by atoms with Gasteiger partial charge in [0.1, 0.15) is 0 Å². The Labute approximate surface area is 319 Å². The van der Waals surface area contributed by atoms with Crippen molar-refractivity contribution in [1.82, 2.24) is 19.9 Å². The van der Waals surface area contributed by atoms with Crippen molar-refractivity contribution in [3.8, 4) is 22.3 Å². The zero-order chi connectivity index (χ0) is 35.4. The fraction of sp³-hybridized carbons (Fsp3) is 0.0889. The summed E-state index contributed by atoms with van der Waals surface area (Å²) in [4.78, 5) is 35.0. The number of fused-ring (bicyclic) bond motifs is 8. The number of Topliss-reactive ketones (excluding diaryl/α,β-unsaturated/α-hetero) is 1. The summed E-state index contributed by atoms with van der Waals surface area (Å²) in [6, 6.07) is 38.8. The first-order valence-corrected chi connectivity index (χ1v) is 17.3. The number of hydrogen-bond acceptors (Lipinski definition) is 5. The first-order chi connectivity index (χ1) is 25.4. The Hall–Kier alpha value is -5.95. The van der Waals surface area contributed by atoms with Crippen LogP contribution in [0.4, 0.5) is 0 Å². The van der Waals surface area contributed by atoms with Crippen LogP contribution < -0.4 is 9.97 Å². The number of aliphatic hydroxyl groups is 1. The average Bonchev–Trinajstić information content (AvgIpc) is 4.01. The van der Waals surface area contributed by atoms with Gasteiger partial charge in [-0.15, -0.1) is 22.1 Å². The molecule has 8 bridgehead atoms. The molecule has 3 aliphatic rings. The molecular formula is C45H32N4O3Zn. The number of carbonyl (C=O) groups excluding carboxylic acids is 1. The van der Waals surface area contributed by atoms with Crippen molar-refractivity contribution in [2.24, 2.45) is 0 Å². The molecule has 5 heterocycles. The van der Waals surface area contributed by atoms with Crippen molar-refractivity contribution in [1.29, 1.82) is 0 Å². The van der Waals surface area contributed by atoms with Crippen molar-refractivity contribution < 1.29 is 34.1 Å². The zero-order valence-electron chi connectivity index (χ0n) is 29.2. The van der Waals surface area contributed by atoms with E-state index in [-0.39, 0.29) is 36.9 Å². The number of carbonyl (C=O) groups is 1. The maximum atomic E-state index is 14.5. The van der Waals surface area contributed by atoms with Crippen molar-refractivity contribution in [2.75, 3.05) is 0 Å². The molecule has 1 aliphatic carbocycles. The zero-order valence-corrected chi connectivity index (χ0v) is 32.2. The van der Waals surface area contributed by atoms with Gasteiger partial charge in [0.25, 0.3) is 0 Å². The number of benzene rings is 3. The Balaban J connectivity index is 0.00000400. The molecule has 0 radical (unpaired) electrons. The third kappa shape index (κ3) is 5.81. The van der Waals surface area contributed by atoms with Crippen molar-refractivity contribution >= 4 is 57.7 Å². The van der Waals surface area contributed by atoms with E-state index in [2.05, 4.69) is 0 Å². The normalized spacial score (nSPS) is 16.1. The van der Waals surface area contributed by atoms with Gasteiger partial charge in [-0.3, -0.25) is 4.79 Å². The molecule has 0 fully saturated rings. The van der Waals surface area contributed by atoms with E-state index in [1.54, 1.807) is 24.3 Å². The van der Waals surface area contributed by atoms with E-state index in [4.69, 9.17) is 24.7 Å². The Bertz CT molecular complexity index is 2620. The summed E-state index contributed by atoms with van der Waals surface area (Å²) < 4.78 is 6.35. The largest absolute Gasteiger partial charge is 2.00 e. The Morgan fingerprint density at radius 1 is 0.623 bits per heavy atom. The Kier molecular flexibility index (Phi) is 8.73. The molecule has 1 atom stereocenters. The fourth-order valence-corrected chi connectivity index (χ4v) is 7.13. The summed E-state index contributed by atoms with van der Waals surface area (Å²) in [5.41, 5.74) is 8.27. The first-order valence-electron chi connectivity index (χ1n) is 17.3. The van der Waals surface area contributed by atoms with E-state index in [0.717, 1.165) is 44.7 Å². The van der Waals surface area contributed by atoms with Gasteiger partial charge in [0.05, 0.1) is 34.5 Å². The van der Waals surface area contributed by atoms with Gasteiger partial charge in [-0.05, 0) is 71.5 Å². The van der Waals surface area contributed by atoms with Gasteiger partial charge in [0.2, 0.25) is 11.4 Å². The molecule has 9 rings (SSSR count). The number of nitrogens with zero attached hydrogens (tertiary/aromatic N) is 4. The molecule has 3 aromatic heterocycles. The molecule has 6 aromatic rings. The van der Waals surface area contributed by atoms with Crippen molar-refractivity contribution in [2.45, 2.75) is 25.6 Å². The standard InChI is InChI=1S/C45H32N4O3.Zn/c1-27(2)52-44-42(43(50)45(44,51)30-16-10-5-11-17-30)41-37-24-22-35(48-37)39(28-12-6-3-7-13-28)33-20-18-31(46-33)26-32-19-21-34(47-32)40(29-14-8-4-9-15-29)36-23-25-38(41)49-36;/h3-27,51H,1-2H3;/q-2;+2. The molecule has 53 heavy (non-hydrogen) atoms. The van der Waals surface area contributed by atoms with Crippen LogP contribution in [0.25, 0.3) is 74.2 Å². The van der Waals surface area contributed by atoms with Gasteiger partial charge in [0.15, 0.2) is 5.76 Å². The van der Waals surface area contributed by atoms with Crippen LogP contribution in [0.15, 0.2) is 127 Å². The van der Waals surface area contributed by atoms with Gasteiger partial charge in [-0.25, -0.2) is 9.97 Å². The van der Waals surface area contributed by atoms with E-state index in [1.165, 1.54) is 0 Å². The van der Waals surface area contributed by atoms with Gasteiger partial charge in [-0.1, -0.05) is 121 Å². The molecule has 0 spiro atoms. The summed E-state index contributed by atoms with van der Waals surface area (Å²) in [6.45, 7) is 3.75. The van der Waals surface area contributed by atoms with Crippen LogP contribution in [0, 0.1) is 0 Å². The first kappa shape index (κ1) is 34.2. The molecule has 0 saturated carbocycles. The maximum absolute atomic E-state index is 14.5. The van der Waals surface area contributed by atoms with Crippen LogP contribution in [0.2, 0.25) is 0 Å². The van der Waals surface area contributed by atoms with E-state index < -0.39 is 11.4 Å². The van der Waals surface area contributed by atoms with E-state index in [9.17, 15) is 9.90 Å². The summed E-state index contributed by atoms with van der Waals surface area (Å²) in [6.07, 6.45) is 7.49. The second-order valence-corrected chi connectivity index (χ2v) is 13.2. The Morgan fingerprint density at radius 3 is 1.75 bits per heavy atom. The second kappa shape index (κ2) is 13.6. The molecule has 252 valence electrons. The van der Waals surface area contributed by atoms with Crippen molar-refractivity contribution in [3.05, 3.63) is 161 Å². The minimum absolute atomic E-state index is 0. The van der Waals surface area contributed by atoms with Gasteiger partial charge in [-0.2, -0.15) is 0 Å². The average molecular weight is 742 g/mol. The predicted molar refractivity (Wildman–Crippen MR) is 206 cm³/mol. The minimum atomic E-state index is -1.96. The summed E-state index contributed by atoms with van der Waals surface area (Å²) in [5, 5.41) is 12.1. The summed E-state index contributed by atoms with van der Waals surface area (Å²) in [7, 11) is 0. The number of ketones is 1. The van der Waals surface area contributed by atoms with E-state index in [1.807, 2.05) is 135 Å². The molecule has 3 aromatic carbocycles. The third-order valence-electron chi connectivity index (χ3n) is 9.47. The molecule has 0 amide bonds. The van der Waals surface area contributed by atoms with Gasteiger partial charge < -0.3 is 19.8 Å². The fourth-order valence-electron chi connectivity index (χ4n) is 7.13. The number of aromatic nitrogens is 4. The van der Waals surface area contributed by atoms with Crippen LogP contribution >= 0.6 is 0 Å². The summed E-state index contributed by atoms with van der Waals surface area (Å²) in [5.74, 6) is -0.301. The number of rotatable bonds is 6. The van der Waals surface area contributed by atoms with Gasteiger partial charge in [0, 0.05) is 0 Å².